The van der Waals surface area contributed by atoms with Gasteiger partial charge in [0.25, 0.3) is 0 Å². The highest BCUT2D eigenvalue weighted by atomic mass is 16.4. The average Bonchev–Trinajstić information content (AvgIpc) is 2.18. The van der Waals surface area contributed by atoms with Gasteiger partial charge >= 0.3 is 5.97 Å². The maximum atomic E-state index is 10.6. The van der Waals surface area contributed by atoms with E-state index < -0.39 is 5.97 Å². The summed E-state index contributed by atoms with van der Waals surface area (Å²) in [7, 11) is 0. The minimum absolute atomic E-state index is 0.0684. The molecule has 0 aliphatic rings. The maximum Gasteiger partial charge on any atom is 0.335 e. The molecule has 0 atom stereocenters. The predicted octanol–water partition coefficient (Wildman–Crippen LogP) is 1.32. The van der Waals surface area contributed by atoms with Crippen LogP contribution in [-0.4, -0.2) is 23.2 Å². The summed E-state index contributed by atoms with van der Waals surface area (Å²) in [6.45, 7) is 0. The van der Waals surface area contributed by atoms with Gasteiger partial charge in [0.15, 0.2) is 0 Å². The number of isocyanates is 2. The molecule has 6 heteroatoms. The van der Waals surface area contributed by atoms with E-state index in [9.17, 15) is 14.4 Å². The van der Waals surface area contributed by atoms with E-state index in [0.29, 0.717) is 0 Å². The lowest BCUT2D eigenvalue weighted by molar-refractivity contribution is 0.0697. The van der Waals surface area contributed by atoms with E-state index in [2.05, 4.69) is 9.98 Å². The number of carboxylic acids is 1. The summed E-state index contributed by atoms with van der Waals surface area (Å²) in [6, 6.07) is 3.59. The third kappa shape index (κ3) is 2.70. The van der Waals surface area contributed by atoms with Gasteiger partial charge < -0.3 is 5.11 Å². The SMILES string of the molecule is O=C=Nc1cc(N=C=O)cc(C(=O)O)c1. The second kappa shape index (κ2) is 4.62. The van der Waals surface area contributed by atoms with E-state index >= 15 is 0 Å². The molecule has 0 amide bonds. The fourth-order valence-electron chi connectivity index (χ4n) is 0.953. The fourth-order valence-corrected chi connectivity index (χ4v) is 0.953. The van der Waals surface area contributed by atoms with E-state index in [-0.39, 0.29) is 16.9 Å². The Kier molecular flexibility index (Phi) is 3.24. The molecule has 0 heterocycles. The molecule has 0 aliphatic heterocycles. The number of aliphatic imine (C=N–C) groups is 2. The number of rotatable bonds is 3. The van der Waals surface area contributed by atoms with Crippen molar-refractivity contribution in [3.05, 3.63) is 23.8 Å². The van der Waals surface area contributed by atoms with Crippen LogP contribution >= 0.6 is 0 Å². The highest BCUT2D eigenvalue weighted by Crippen LogP contribution is 2.22. The van der Waals surface area contributed by atoms with Crippen LogP contribution in [0, 0.1) is 0 Å². The van der Waals surface area contributed by atoms with Crippen LogP contribution in [0.3, 0.4) is 0 Å². The first kappa shape index (κ1) is 10.5. The molecule has 15 heavy (non-hydrogen) atoms. The number of benzene rings is 1. The molecule has 0 radical (unpaired) electrons. The van der Waals surface area contributed by atoms with Gasteiger partial charge in [0.05, 0.1) is 16.9 Å². The average molecular weight is 204 g/mol. The summed E-state index contributed by atoms with van der Waals surface area (Å²) < 4.78 is 0. The number of carbonyl (C=O) groups is 1. The molecule has 0 bridgehead atoms. The predicted molar refractivity (Wildman–Crippen MR) is 49.0 cm³/mol. The molecule has 1 rings (SSSR count). The number of carbonyl (C=O) groups excluding carboxylic acids is 2. The minimum atomic E-state index is -1.21. The van der Waals surface area contributed by atoms with Crippen LogP contribution < -0.4 is 0 Å². The molecular formula is C9H4N2O4. The molecule has 0 fully saturated rings. The number of carboxylic acid groups (broad SMARTS) is 1. The van der Waals surface area contributed by atoms with E-state index in [4.69, 9.17) is 5.11 Å². The van der Waals surface area contributed by atoms with Gasteiger partial charge in [-0.15, -0.1) is 0 Å². The first-order valence-electron chi connectivity index (χ1n) is 3.71. The molecule has 0 saturated heterocycles. The zero-order valence-electron chi connectivity index (χ0n) is 7.30. The van der Waals surface area contributed by atoms with Gasteiger partial charge in [0.2, 0.25) is 12.2 Å². The van der Waals surface area contributed by atoms with Crippen molar-refractivity contribution >= 4 is 29.5 Å². The highest BCUT2D eigenvalue weighted by Gasteiger charge is 2.06. The lowest BCUT2D eigenvalue weighted by Gasteiger charge is -1.97. The van der Waals surface area contributed by atoms with Gasteiger partial charge in [-0.1, -0.05) is 0 Å². The highest BCUT2D eigenvalue weighted by molar-refractivity contribution is 5.90. The molecule has 74 valence electrons. The lowest BCUT2D eigenvalue weighted by Crippen LogP contribution is -1.94. The molecule has 6 nitrogen and oxygen atoms in total. The second-order valence-corrected chi connectivity index (χ2v) is 2.45. The molecule has 1 aromatic rings. The number of nitrogens with zero attached hydrogens (tertiary/aromatic N) is 2. The third-order valence-electron chi connectivity index (χ3n) is 1.50. The van der Waals surface area contributed by atoms with Crippen LogP contribution in [0.5, 0.6) is 0 Å². The summed E-state index contributed by atoms with van der Waals surface area (Å²) in [5, 5.41) is 8.69. The van der Waals surface area contributed by atoms with E-state index in [1.165, 1.54) is 18.2 Å². The van der Waals surface area contributed by atoms with E-state index in [0.717, 1.165) is 12.1 Å². The Balaban J connectivity index is 3.37. The van der Waals surface area contributed by atoms with Gasteiger partial charge in [-0.3, -0.25) is 0 Å². The van der Waals surface area contributed by atoms with Gasteiger partial charge in [-0.2, -0.15) is 9.98 Å². The van der Waals surface area contributed by atoms with Gasteiger partial charge in [0.1, 0.15) is 0 Å². The van der Waals surface area contributed by atoms with Crippen LogP contribution in [0.1, 0.15) is 10.4 Å². The Hall–Kier alpha value is -2.55. The zero-order chi connectivity index (χ0) is 11.3. The van der Waals surface area contributed by atoms with Crippen molar-refractivity contribution < 1.29 is 19.5 Å². The van der Waals surface area contributed by atoms with Crippen molar-refractivity contribution in [2.45, 2.75) is 0 Å². The van der Waals surface area contributed by atoms with Gasteiger partial charge in [0, 0.05) is 0 Å². The Morgan fingerprint density at radius 2 is 1.53 bits per heavy atom. The largest absolute Gasteiger partial charge is 0.478 e. The Morgan fingerprint density at radius 1 is 1.07 bits per heavy atom. The summed E-state index contributed by atoms with van der Waals surface area (Å²) in [5.74, 6) is -1.21. The van der Waals surface area contributed by atoms with Crippen molar-refractivity contribution in [2.24, 2.45) is 9.98 Å². The van der Waals surface area contributed by atoms with Gasteiger partial charge in [-0.25, -0.2) is 14.4 Å². The van der Waals surface area contributed by atoms with Crippen molar-refractivity contribution in [3.63, 3.8) is 0 Å². The molecule has 0 saturated carbocycles. The first-order valence-corrected chi connectivity index (χ1v) is 3.71. The molecule has 0 aliphatic carbocycles. The third-order valence-corrected chi connectivity index (χ3v) is 1.50. The van der Waals surface area contributed by atoms with Crippen LogP contribution in [-0.2, 0) is 9.59 Å². The zero-order valence-corrected chi connectivity index (χ0v) is 7.30. The molecular weight excluding hydrogens is 200 g/mol. The fraction of sp³-hybridized carbons (Fsp3) is 0. The summed E-state index contributed by atoms with van der Waals surface area (Å²) in [5.41, 5.74) is 0.0123. The number of hydrogen-bond acceptors (Lipinski definition) is 5. The number of aromatic carboxylic acids is 1. The molecule has 1 N–H and O–H groups in total. The lowest BCUT2D eigenvalue weighted by atomic mass is 10.2. The quantitative estimate of drug-likeness (QED) is 0.593. The van der Waals surface area contributed by atoms with Crippen LogP contribution in [0.2, 0.25) is 0 Å². The van der Waals surface area contributed by atoms with Crippen molar-refractivity contribution in [1.82, 2.24) is 0 Å². The molecule has 0 aromatic heterocycles. The van der Waals surface area contributed by atoms with Crippen LogP contribution in [0.15, 0.2) is 28.2 Å². The molecule has 1 aromatic carbocycles. The minimum Gasteiger partial charge on any atom is -0.478 e. The summed E-state index contributed by atoms with van der Waals surface area (Å²) >= 11 is 0. The monoisotopic (exact) mass is 204 g/mol. The first-order chi connectivity index (χ1) is 7.17. The smallest absolute Gasteiger partial charge is 0.335 e. The van der Waals surface area contributed by atoms with E-state index in [1.54, 1.807) is 0 Å². The van der Waals surface area contributed by atoms with E-state index in [1.807, 2.05) is 0 Å². The Bertz CT molecular complexity index is 430. The summed E-state index contributed by atoms with van der Waals surface area (Å²) in [4.78, 5) is 37.1. The Morgan fingerprint density at radius 3 is 1.87 bits per heavy atom. The standard InChI is InChI=1S/C9H4N2O4/c12-4-10-7-1-6(9(14)15)2-8(3-7)11-5-13/h1-3H,(H,14,15). The van der Waals surface area contributed by atoms with Crippen molar-refractivity contribution in [3.8, 4) is 0 Å². The Labute approximate surface area is 83.6 Å². The molecule has 0 unspecified atom stereocenters. The molecule has 0 spiro atoms. The van der Waals surface area contributed by atoms with Crippen LogP contribution in [0.4, 0.5) is 11.4 Å². The van der Waals surface area contributed by atoms with Crippen molar-refractivity contribution in [2.75, 3.05) is 0 Å². The second-order valence-electron chi connectivity index (χ2n) is 2.45. The van der Waals surface area contributed by atoms with Gasteiger partial charge in [-0.05, 0) is 18.2 Å². The topological polar surface area (TPSA) is 96.2 Å². The maximum absolute atomic E-state index is 10.6. The van der Waals surface area contributed by atoms with Crippen LogP contribution in [0.25, 0.3) is 0 Å². The van der Waals surface area contributed by atoms with Crippen molar-refractivity contribution in [1.29, 1.82) is 0 Å². The number of hydrogen-bond donors (Lipinski definition) is 1. The summed E-state index contributed by atoms with van der Waals surface area (Å²) in [6.07, 6.45) is 2.52. The normalized spacial score (nSPS) is 8.53.